The molecule has 0 aliphatic carbocycles. The van der Waals surface area contributed by atoms with Crippen molar-refractivity contribution in [2.24, 2.45) is 0 Å². The lowest BCUT2D eigenvalue weighted by molar-refractivity contribution is -0.144. The maximum atomic E-state index is 12.7. The molecule has 4 heterocycles. The number of amides is 1. The Kier molecular flexibility index (Phi) is 4.32. The molecule has 0 saturated carbocycles. The molecular weight excluding hydrogens is 326 g/mol. The van der Waals surface area contributed by atoms with Crippen molar-refractivity contribution in [2.75, 3.05) is 49.2 Å². The normalized spacial score (nSPS) is 22.1. The first-order valence-corrected chi connectivity index (χ1v) is 9.42. The number of aryl methyl sites for hydroxylation is 1. The summed E-state index contributed by atoms with van der Waals surface area (Å²) in [6, 6.07) is 2.02. The number of hydrogen-bond donors (Lipinski definition) is 0. The van der Waals surface area contributed by atoms with Crippen molar-refractivity contribution in [3.8, 4) is 0 Å². The Morgan fingerprint density at radius 3 is 3.00 bits per heavy atom. The molecule has 0 N–H and O–H groups in total. The van der Waals surface area contributed by atoms with Gasteiger partial charge in [0, 0.05) is 43.5 Å². The molecule has 2 aliphatic heterocycles. The summed E-state index contributed by atoms with van der Waals surface area (Å²) in [4.78, 5) is 21.3. The maximum absolute atomic E-state index is 12.7. The van der Waals surface area contributed by atoms with E-state index in [9.17, 15) is 4.79 Å². The van der Waals surface area contributed by atoms with Crippen molar-refractivity contribution in [2.45, 2.75) is 13.0 Å². The molecule has 1 amide bonds. The van der Waals surface area contributed by atoms with E-state index < -0.39 is 6.10 Å². The summed E-state index contributed by atoms with van der Waals surface area (Å²) < 4.78 is 7.61. The van der Waals surface area contributed by atoms with E-state index in [4.69, 9.17) is 4.74 Å². The molecule has 24 heavy (non-hydrogen) atoms. The van der Waals surface area contributed by atoms with Crippen LogP contribution in [0.3, 0.4) is 0 Å². The molecule has 1 unspecified atom stereocenters. The fourth-order valence-electron chi connectivity index (χ4n) is 3.25. The third kappa shape index (κ3) is 2.95. The summed E-state index contributed by atoms with van der Waals surface area (Å²) in [5.41, 5.74) is 1.92. The number of rotatable bonds is 2. The van der Waals surface area contributed by atoms with Crippen LogP contribution >= 0.6 is 11.8 Å². The van der Waals surface area contributed by atoms with E-state index in [0.717, 1.165) is 48.2 Å². The third-order valence-corrected chi connectivity index (χ3v) is 5.40. The number of hydrogen-bond acceptors (Lipinski definition) is 6. The molecular formula is C16H21N5O2S. The second-order valence-electron chi connectivity index (χ2n) is 6.11. The van der Waals surface area contributed by atoms with E-state index in [1.54, 1.807) is 6.20 Å². The van der Waals surface area contributed by atoms with Crippen LogP contribution in [-0.4, -0.2) is 75.8 Å². The van der Waals surface area contributed by atoms with Gasteiger partial charge in [0.2, 0.25) is 0 Å². The molecule has 8 heteroatoms. The van der Waals surface area contributed by atoms with Gasteiger partial charge in [0.1, 0.15) is 5.52 Å². The molecule has 1 atom stereocenters. The van der Waals surface area contributed by atoms with Gasteiger partial charge in [-0.25, -0.2) is 9.50 Å². The zero-order chi connectivity index (χ0) is 16.5. The number of nitrogens with zero attached hydrogens (tertiary/aromatic N) is 5. The van der Waals surface area contributed by atoms with Gasteiger partial charge in [0.15, 0.2) is 11.9 Å². The highest BCUT2D eigenvalue weighted by atomic mass is 32.2. The van der Waals surface area contributed by atoms with E-state index >= 15 is 0 Å². The summed E-state index contributed by atoms with van der Waals surface area (Å²) in [6.45, 7) is 5.42. The molecule has 0 radical (unpaired) electrons. The van der Waals surface area contributed by atoms with Crippen LogP contribution in [0.2, 0.25) is 0 Å². The molecule has 2 aliphatic rings. The van der Waals surface area contributed by atoms with Crippen LogP contribution in [0.5, 0.6) is 0 Å². The Labute approximate surface area is 145 Å². The third-order valence-electron chi connectivity index (χ3n) is 4.46. The molecule has 0 spiro atoms. The van der Waals surface area contributed by atoms with Gasteiger partial charge in [-0.15, -0.1) is 0 Å². The van der Waals surface area contributed by atoms with Crippen LogP contribution in [0.4, 0.5) is 5.82 Å². The first-order chi connectivity index (χ1) is 11.7. The number of anilines is 1. The summed E-state index contributed by atoms with van der Waals surface area (Å²) >= 11 is 1.90. The van der Waals surface area contributed by atoms with Gasteiger partial charge in [-0.3, -0.25) is 4.79 Å². The Morgan fingerprint density at radius 2 is 2.17 bits per heavy atom. The van der Waals surface area contributed by atoms with Gasteiger partial charge in [0.25, 0.3) is 5.91 Å². The topological polar surface area (TPSA) is 63.0 Å². The van der Waals surface area contributed by atoms with Crippen molar-refractivity contribution in [1.82, 2.24) is 19.5 Å². The summed E-state index contributed by atoms with van der Waals surface area (Å²) in [7, 11) is 0. The van der Waals surface area contributed by atoms with Gasteiger partial charge in [-0.2, -0.15) is 16.9 Å². The summed E-state index contributed by atoms with van der Waals surface area (Å²) in [5.74, 6) is 3.00. The fraction of sp³-hybridized carbons (Fsp3) is 0.562. The first kappa shape index (κ1) is 15.7. The predicted octanol–water partition coefficient (Wildman–Crippen LogP) is 0.818. The zero-order valence-electron chi connectivity index (χ0n) is 13.7. The van der Waals surface area contributed by atoms with Crippen LogP contribution < -0.4 is 4.90 Å². The first-order valence-electron chi connectivity index (χ1n) is 8.26. The van der Waals surface area contributed by atoms with Crippen LogP contribution in [-0.2, 0) is 9.53 Å². The molecule has 128 valence electrons. The average Bonchev–Trinajstić information content (AvgIpc) is 3.02. The lowest BCUT2D eigenvalue weighted by Gasteiger charge is -2.36. The van der Waals surface area contributed by atoms with Crippen LogP contribution in [0.1, 0.15) is 5.69 Å². The van der Waals surface area contributed by atoms with E-state index in [2.05, 4.69) is 15.0 Å². The predicted molar refractivity (Wildman–Crippen MR) is 93.6 cm³/mol. The monoisotopic (exact) mass is 347 g/mol. The van der Waals surface area contributed by atoms with Crippen LogP contribution in [0, 0.1) is 6.92 Å². The molecule has 2 saturated heterocycles. The highest BCUT2D eigenvalue weighted by Crippen LogP contribution is 2.22. The average molecular weight is 347 g/mol. The lowest BCUT2D eigenvalue weighted by atomic mass is 10.2. The van der Waals surface area contributed by atoms with Gasteiger partial charge in [0.05, 0.1) is 18.8 Å². The van der Waals surface area contributed by atoms with Crippen molar-refractivity contribution < 1.29 is 9.53 Å². The molecule has 7 nitrogen and oxygen atoms in total. The van der Waals surface area contributed by atoms with Gasteiger partial charge in [-0.05, 0) is 13.0 Å². The Bertz CT molecular complexity index is 743. The van der Waals surface area contributed by atoms with Crippen LogP contribution in [0.15, 0.2) is 18.5 Å². The number of carbonyl (C=O) groups is 1. The van der Waals surface area contributed by atoms with Crippen molar-refractivity contribution >= 4 is 29.0 Å². The Balaban J connectivity index is 1.54. The van der Waals surface area contributed by atoms with Gasteiger partial charge < -0.3 is 14.5 Å². The number of thioether (sulfide) groups is 1. The fourth-order valence-corrected chi connectivity index (χ4v) is 4.16. The number of ether oxygens (including phenoxy) is 1. The second kappa shape index (κ2) is 6.60. The Hall–Kier alpha value is -1.80. The SMILES string of the molecule is Cc1cc2c(N3CCOC(C(=O)N4CCSCC4)C3)nccn2n1. The minimum Gasteiger partial charge on any atom is -0.365 e. The minimum atomic E-state index is -0.409. The second-order valence-corrected chi connectivity index (χ2v) is 7.33. The quantitative estimate of drug-likeness (QED) is 0.801. The molecule has 0 aromatic carbocycles. The standard InChI is InChI=1S/C16H21N5O2S/c1-12-10-13-15(17-2-3-21(13)18-12)20-4-7-23-14(11-20)16(22)19-5-8-24-9-6-19/h2-3,10,14H,4-9,11H2,1H3. The largest absolute Gasteiger partial charge is 0.365 e. The molecule has 0 bridgehead atoms. The van der Waals surface area contributed by atoms with Crippen LogP contribution in [0.25, 0.3) is 5.52 Å². The molecule has 2 fully saturated rings. The summed E-state index contributed by atoms with van der Waals surface area (Å²) in [5, 5.41) is 4.44. The molecule has 2 aromatic rings. The maximum Gasteiger partial charge on any atom is 0.253 e. The Morgan fingerprint density at radius 1 is 1.33 bits per heavy atom. The molecule has 2 aromatic heterocycles. The number of carbonyl (C=O) groups excluding carboxylic acids is 1. The van der Waals surface area contributed by atoms with Crippen molar-refractivity contribution in [3.05, 3.63) is 24.2 Å². The van der Waals surface area contributed by atoms with E-state index in [1.165, 1.54) is 0 Å². The lowest BCUT2D eigenvalue weighted by Crippen LogP contribution is -2.53. The smallest absolute Gasteiger partial charge is 0.253 e. The minimum absolute atomic E-state index is 0.108. The zero-order valence-corrected chi connectivity index (χ0v) is 14.5. The summed E-state index contributed by atoms with van der Waals surface area (Å²) in [6.07, 6.45) is 3.19. The van der Waals surface area contributed by atoms with E-state index in [-0.39, 0.29) is 5.91 Å². The van der Waals surface area contributed by atoms with E-state index in [0.29, 0.717) is 13.2 Å². The number of aromatic nitrogens is 3. The van der Waals surface area contributed by atoms with Gasteiger partial charge in [-0.1, -0.05) is 0 Å². The van der Waals surface area contributed by atoms with E-state index in [1.807, 2.05) is 40.4 Å². The number of morpholine rings is 1. The number of fused-ring (bicyclic) bond motifs is 1. The highest BCUT2D eigenvalue weighted by molar-refractivity contribution is 7.99. The highest BCUT2D eigenvalue weighted by Gasteiger charge is 2.32. The van der Waals surface area contributed by atoms with Gasteiger partial charge >= 0.3 is 0 Å². The molecule has 4 rings (SSSR count). The van der Waals surface area contributed by atoms with Crippen molar-refractivity contribution in [1.29, 1.82) is 0 Å². The van der Waals surface area contributed by atoms with Crippen molar-refractivity contribution in [3.63, 3.8) is 0 Å².